The zero-order valence-corrected chi connectivity index (χ0v) is 7.94. The van der Waals surface area contributed by atoms with Crippen molar-refractivity contribution in [2.24, 2.45) is 0 Å². The van der Waals surface area contributed by atoms with Gasteiger partial charge in [0.25, 0.3) is 5.78 Å². The van der Waals surface area contributed by atoms with Crippen LogP contribution in [0.25, 0.3) is 0 Å². The van der Waals surface area contributed by atoms with Crippen molar-refractivity contribution < 1.29 is 27.8 Å². The van der Waals surface area contributed by atoms with Crippen LogP contribution in [-0.4, -0.2) is 24.7 Å². The van der Waals surface area contributed by atoms with Crippen molar-refractivity contribution in [3.63, 3.8) is 0 Å². The Morgan fingerprint density at radius 3 is 2.07 bits per heavy atom. The predicted molar refractivity (Wildman–Crippen MR) is 40.2 cm³/mol. The van der Waals surface area contributed by atoms with Gasteiger partial charge in [0.15, 0.2) is 0 Å². The molecule has 0 rings (SSSR count). The molecule has 0 radical (unpaired) electrons. The molecule has 0 aliphatic heterocycles. The molecule has 0 amide bonds. The number of alkyl halides is 3. The third-order valence-corrected chi connectivity index (χ3v) is 1.65. The van der Waals surface area contributed by atoms with Crippen molar-refractivity contribution in [1.29, 1.82) is 0 Å². The van der Waals surface area contributed by atoms with Crippen LogP contribution in [0.3, 0.4) is 0 Å². The Morgan fingerprint density at radius 2 is 1.79 bits per heavy atom. The summed E-state index contributed by atoms with van der Waals surface area (Å²) in [6, 6.07) is 0. The van der Waals surface area contributed by atoms with Gasteiger partial charge in [-0.15, -0.1) is 0 Å². The van der Waals surface area contributed by atoms with Gasteiger partial charge in [-0.2, -0.15) is 13.2 Å². The summed E-state index contributed by atoms with van der Waals surface area (Å²) in [5.74, 6) is -3.19. The molecule has 0 atom stereocenters. The second kappa shape index (κ2) is 4.00. The Labute approximate surface area is 79.2 Å². The molecule has 0 spiro atoms. The fraction of sp³-hybridized carbons (Fsp3) is 0.625. The molecule has 6 heteroatoms. The Bertz CT molecular complexity index is 253. The second-order valence-corrected chi connectivity index (χ2v) is 3.09. The lowest BCUT2D eigenvalue weighted by Gasteiger charge is -2.30. The molecule has 0 aliphatic carbocycles. The Hall–Kier alpha value is -1.04. The van der Waals surface area contributed by atoms with E-state index in [9.17, 15) is 23.1 Å². The lowest BCUT2D eigenvalue weighted by molar-refractivity contribution is -0.332. The average Bonchev–Trinajstić information content (AvgIpc) is 2.02. The molecule has 3 nitrogen and oxygen atoms in total. The van der Waals surface area contributed by atoms with Gasteiger partial charge in [-0.05, 0) is 19.9 Å². The van der Waals surface area contributed by atoms with Gasteiger partial charge in [-0.25, -0.2) is 0 Å². The van der Waals surface area contributed by atoms with Crippen molar-refractivity contribution in [2.75, 3.05) is 7.11 Å². The van der Waals surface area contributed by atoms with E-state index >= 15 is 0 Å². The van der Waals surface area contributed by atoms with Crippen LogP contribution < -0.4 is 5.11 Å². The summed E-state index contributed by atoms with van der Waals surface area (Å²) >= 11 is 0. The Morgan fingerprint density at radius 1 is 1.36 bits per heavy atom. The van der Waals surface area contributed by atoms with Crippen molar-refractivity contribution in [2.45, 2.75) is 25.6 Å². The lowest BCUT2D eigenvalue weighted by Crippen LogP contribution is -2.34. The van der Waals surface area contributed by atoms with Crippen LogP contribution >= 0.6 is 0 Å². The minimum atomic E-state index is -5.01. The predicted octanol–water partition coefficient (Wildman–Crippen LogP) is 0.787. The smallest absolute Gasteiger partial charge is 0.454 e. The van der Waals surface area contributed by atoms with E-state index in [2.05, 4.69) is 4.74 Å². The summed E-state index contributed by atoms with van der Waals surface area (Å²) in [6.45, 7) is 2.55. The quantitative estimate of drug-likeness (QED) is 0.512. The van der Waals surface area contributed by atoms with Crippen molar-refractivity contribution in [3.8, 4) is 0 Å². The van der Waals surface area contributed by atoms with E-state index in [1.54, 1.807) is 0 Å². The maximum Gasteiger partial charge on any atom is 0.454 e. The molecule has 0 saturated carbocycles. The van der Waals surface area contributed by atoms with Crippen molar-refractivity contribution in [3.05, 3.63) is 11.8 Å². The SMILES string of the molecule is COC(C)(C)/C([O-])=C/C(=O)C(F)(F)F. The highest BCUT2D eigenvalue weighted by Gasteiger charge is 2.36. The van der Waals surface area contributed by atoms with E-state index in [1.807, 2.05) is 0 Å². The Kier molecular flexibility index (Phi) is 3.70. The summed E-state index contributed by atoms with van der Waals surface area (Å²) < 4.78 is 39.8. The molecule has 0 aliphatic rings. The van der Waals surface area contributed by atoms with Crippen molar-refractivity contribution >= 4 is 5.78 Å². The fourth-order valence-corrected chi connectivity index (χ4v) is 0.475. The first-order chi connectivity index (χ1) is 6.11. The minimum Gasteiger partial charge on any atom is -0.873 e. The van der Waals surface area contributed by atoms with Gasteiger partial charge in [0.2, 0.25) is 0 Å². The van der Waals surface area contributed by atoms with Gasteiger partial charge in [0, 0.05) is 7.11 Å². The fourth-order valence-electron chi connectivity index (χ4n) is 0.475. The van der Waals surface area contributed by atoms with Crippen LogP contribution in [0.4, 0.5) is 13.2 Å². The molecular weight excluding hydrogens is 201 g/mol. The van der Waals surface area contributed by atoms with E-state index in [0.29, 0.717) is 0 Å². The standard InChI is InChI=1S/C8H11F3O3/c1-7(2,14-3)5(12)4-6(13)8(9,10)11/h4,12H,1-3H3/p-1/b5-4-. The summed E-state index contributed by atoms with van der Waals surface area (Å²) in [7, 11) is 1.17. The van der Waals surface area contributed by atoms with Crippen LogP contribution in [0.5, 0.6) is 0 Å². The molecule has 0 N–H and O–H groups in total. The first-order valence-corrected chi connectivity index (χ1v) is 3.66. The number of hydrogen-bond acceptors (Lipinski definition) is 3. The third-order valence-electron chi connectivity index (χ3n) is 1.65. The first kappa shape index (κ1) is 13.0. The summed E-state index contributed by atoms with van der Waals surface area (Å²) in [4.78, 5) is 10.4. The number of rotatable bonds is 3. The number of hydrogen-bond donors (Lipinski definition) is 0. The molecule has 0 saturated heterocycles. The second-order valence-electron chi connectivity index (χ2n) is 3.09. The van der Waals surface area contributed by atoms with E-state index in [-0.39, 0.29) is 6.08 Å². The van der Waals surface area contributed by atoms with Crippen LogP contribution in [0.1, 0.15) is 13.8 Å². The van der Waals surface area contributed by atoms with Gasteiger partial charge >= 0.3 is 6.18 Å². The highest BCUT2D eigenvalue weighted by atomic mass is 19.4. The molecule has 0 fully saturated rings. The van der Waals surface area contributed by atoms with Gasteiger partial charge in [0.05, 0.1) is 5.60 Å². The molecule has 82 valence electrons. The van der Waals surface area contributed by atoms with Crippen LogP contribution in [0.2, 0.25) is 0 Å². The molecule has 0 unspecified atom stereocenters. The summed E-state index contributed by atoms with van der Waals surface area (Å²) in [6.07, 6.45) is -5.01. The van der Waals surface area contributed by atoms with E-state index in [4.69, 9.17) is 0 Å². The normalized spacial score (nSPS) is 14.3. The van der Waals surface area contributed by atoms with Crippen molar-refractivity contribution in [1.82, 2.24) is 0 Å². The van der Waals surface area contributed by atoms with E-state index in [1.165, 1.54) is 21.0 Å². The molecule has 0 aromatic heterocycles. The number of ketones is 1. The number of methoxy groups -OCH3 is 1. The zero-order chi connectivity index (χ0) is 11.6. The number of ether oxygens (including phenoxy) is 1. The average molecular weight is 211 g/mol. The van der Waals surface area contributed by atoms with E-state index in [0.717, 1.165) is 0 Å². The molecule has 0 aromatic carbocycles. The molecule has 0 bridgehead atoms. The largest absolute Gasteiger partial charge is 0.873 e. The lowest BCUT2D eigenvalue weighted by atomic mass is 10.1. The van der Waals surface area contributed by atoms with Gasteiger partial charge < -0.3 is 9.84 Å². The van der Waals surface area contributed by atoms with Crippen LogP contribution in [0.15, 0.2) is 11.8 Å². The third kappa shape index (κ3) is 3.37. The summed E-state index contributed by atoms with van der Waals surface area (Å²) in [5.41, 5.74) is -1.42. The number of allylic oxidation sites excluding steroid dienone is 1. The first-order valence-electron chi connectivity index (χ1n) is 3.66. The number of halogens is 3. The van der Waals surface area contributed by atoms with Crippen LogP contribution in [0, 0.1) is 0 Å². The maximum atomic E-state index is 11.7. The monoisotopic (exact) mass is 211 g/mol. The molecular formula is C8H10F3O3-. The zero-order valence-electron chi connectivity index (χ0n) is 7.94. The highest BCUT2D eigenvalue weighted by molar-refractivity contribution is 5.94. The summed E-state index contributed by atoms with van der Waals surface area (Å²) in [5, 5.41) is 11.1. The van der Waals surface area contributed by atoms with Gasteiger partial charge in [-0.1, -0.05) is 5.76 Å². The number of carbonyl (C=O) groups is 1. The number of carbonyl (C=O) groups excluding carboxylic acids is 1. The molecule has 0 aromatic rings. The molecule has 14 heavy (non-hydrogen) atoms. The highest BCUT2D eigenvalue weighted by Crippen LogP contribution is 2.20. The Balaban J connectivity index is 4.79. The van der Waals surface area contributed by atoms with E-state index < -0.39 is 23.3 Å². The van der Waals surface area contributed by atoms with Gasteiger partial charge in [-0.3, -0.25) is 4.79 Å². The maximum absolute atomic E-state index is 11.7. The molecule has 0 heterocycles. The minimum absolute atomic E-state index is 0.00347. The topological polar surface area (TPSA) is 49.4 Å². The van der Waals surface area contributed by atoms with Crippen LogP contribution in [-0.2, 0) is 9.53 Å². The van der Waals surface area contributed by atoms with Gasteiger partial charge in [0.1, 0.15) is 0 Å².